The fraction of sp³-hybridized carbons (Fsp3) is 0.667. The van der Waals surface area contributed by atoms with Crippen LogP contribution >= 0.6 is 12.4 Å². The predicted molar refractivity (Wildman–Crippen MR) is 72.8 cm³/mol. The Balaban J connectivity index is 0.00000162. The molecule has 1 fully saturated rings. The average molecular weight is 273 g/mol. The molecule has 0 aliphatic carbocycles. The van der Waals surface area contributed by atoms with E-state index < -0.39 is 0 Å². The minimum absolute atomic E-state index is 0. The van der Waals surface area contributed by atoms with Gasteiger partial charge in [-0.05, 0) is 33.2 Å². The largest absolute Gasteiger partial charge is 0.348 e. The number of nitrogens with one attached hydrogen (secondary N) is 2. The van der Waals surface area contributed by atoms with E-state index in [1.54, 1.807) is 4.68 Å². The van der Waals surface area contributed by atoms with Gasteiger partial charge >= 0.3 is 0 Å². The highest BCUT2D eigenvalue weighted by Crippen LogP contribution is 2.16. The molecule has 1 saturated heterocycles. The highest BCUT2D eigenvalue weighted by molar-refractivity contribution is 5.85. The lowest BCUT2D eigenvalue weighted by molar-refractivity contribution is -0.123. The van der Waals surface area contributed by atoms with Crippen LogP contribution < -0.4 is 10.6 Å². The zero-order valence-electron chi connectivity index (χ0n) is 11.1. The summed E-state index contributed by atoms with van der Waals surface area (Å²) in [5.74, 6) is 0.0956. The second-order valence-electron chi connectivity index (χ2n) is 4.72. The molecule has 2 atom stereocenters. The number of amides is 1. The van der Waals surface area contributed by atoms with Crippen LogP contribution in [0.4, 0.5) is 0 Å². The third-order valence-corrected chi connectivity index (χ3v) is 3.25. The molecule has 0 saturated carbocycles. The molecule has 2 rings (SSSR count). The van der Waals surface area contributed by atoms with Crippen LogP contribution in [0.15, 0.2) is 6.20 Å². The van der Waals surface area contributed by atoms with Gasteiger partial charge in [0, 0.05) is 18.8 Å². The van der Waals surface area contributed by atoms with Gasteiger partial charge in [-0.1, -0.05) is 0 Å². The van der Waals surface area contributed by atoms with E-state index in [1.807, 2.05) is 27.1 Å². The predicted octanol–water partition coefficient (Wildman–Crippen LogP) is 1.08. The van der Waals surface area contributed by atoms with Crippen LogP contribution in [0, 0.1) is 6.92 Å². The standard InChI is InChI=1S/C12H20N4O.ClH/c1-8(10-7-16(3)15-9(10)2)14-12(17)11-5-4-6-13-11;/h7-8,11,13H,4-6H2,1-3H3,(H,14,17);1H. The number of halogens is 1. The van der Waals surface area contributed by atoms with Crippen LogP contribution in [0.25, 0.3) is 0 Å². The van der Waals surface area contributed by atoms with Crippen molar-refractivity contribution in [1.82, 2.24) is 20.4 Å². The van der Waals surface area contributed by atoms with Crippen molar-refractivity contribution in [3.63, 3.8) is 0 Å². The second kappa shape index (κ2) is 6.20. The molecule has 1 aliphatic heterocycles. The molecule has 1 amide bonds. The molecule has 102 valence electrons. The summed E-state index contributed by atoms with van der Waals surface area (Å²) >= 11 is 0. The molecule has 5 nitrogen and oxygen atoms in total. The number of carbonyl (C=O) groups is 1. The zero-order valence-corrected chi connectivity index (χ0v) is 11.9. The number of carbonyl (C=O) groups excluding carboxylic acids is 1. The highest BCUT2D eigenvalue weighted by Gasteiger charge is 2.24. The van der Waals surface area contributed by atoms with E-state index >= 15 is 0 Å². The van der Waals surface area contributed by atoms with Crippen molar-refractivity contribution in [2.75, 3.05) is 6.54 Å². The second-order valence-corrected chi connectivity index (χ2v) is 4.72. The average Bonchev–Trinajstić information content (AvgIpc) is 2.87. The van der Waals surface area contributed by atoms with Crippen LogP contribution in [0.2, 0.25) is 0 Å². The molecule has 1 aliphatic rings. The first-order valence-corrected chi connectivity index (χ1v) is 6.12. The summed E-state index contributed by atoms with van der Waals surface area (Å²) in [7, 11) is 1.89. The number of aryl methyl sites for hydroxylation is 2. The number of nitrogens with zero attached hydrogens (tertiary/aromatic N) is 2. The first kappa shape index (κ1) is 15.0. The Hall–Kier alpha value is -1.07. The molecule has 0 radical (unpaired) electrons. The van der Waals surface area contributed by atoms with E-state index in [1.165, 1.54) is 0 Å². The Labute approximate surface area is 114 Å². The molecule has 1 aromatic rings. The Morgan fingerprint density at radius 3 is 2.89 bits per heavy atom. The van der Waals surface area contributed by atoms with Crippen LogP contribution in [0.3, 0.4) is 0 Å². The van der Waals surface area contributed by atoms with Gasteiger partial charge in [0.2, 0.25) is 5.91 Å². The SMILES string of the molecule is Cc1nn(C)cc1C(C)NC(=O)C1CCCN1.Cl. The number of aromatic nitrogens is 2. The molecule has 0 spiro atoms. The van der Waals surface area contributed by atoms with Crippen LogP contribution in [-0.4, -0.2) is 28.3 Å². The Morgan fingerprint density at radius 2 is 2.39 bits per heavy atom. The van der Waals surface area contributed by atoms with Crippen molar-refractivity contribution in [3.05, 3.63) is 17.5 Å². The monoisotopic (exact) mass is 272 g/mol. The smallest absolute Gasteiger partial charge is 0.237 e. The lowest BCUT2D eigenvalue weighted by Crippen LogP contribution is -2.41. The number of rotatable bonds is 3. The van der Waals surface area contributed by atoms with Crippen molar-refractivity contribution >= 4 is 18.3 Å². The van der Waals surface area contributed by atoms with Gasteiger partial charge in [-0.3, -0.25) is 9.48 Å². The van der Waals surface area contributed by atoms with Gasteiger partial charge in [0.1, 0.15) is 0 Å². The molecule has 18 heavy (non-hydrogen) atoms. The molecule has 2 N–H and O–H groups in total. The maximum absolute atomic E-state index is 11.9. The van der Waals surface area contributed by atoms with E-state index in [0.717, 1.165) is 30.6 Å². The summed E-state index contributed by atoms with van der Waals surface area (Å²) < 4.78 is 1.78. The summed E-state index contributed by atoms with van der Waals surface area (Å²) in [5, 5.41) is 10.5. The summed E-state index contributed by atoms with van der Waals surface area (Å²) in [6, 6.07) is -0.00646. The third-order valence-electron chi connectivity index (χ3n) is 3.25. The van der Waals surface area contributed by atoms with E-state index in [2.05, 4.69) is 15.7 Å². The van der Waals surface area contributed by atoms with Crippen molar-refractivity contribution in [1.29, 1.82) is 0 Å². The first-order valence-electron chi connectivity index (χ1n) is 6.12. The van der Waals surface area contributed by atoms with Crippen LogP contribution in [-0.2, 0) is 11.8 Å². The molecular formula is C12H21ClN4O. The summed E-state index contributed by atoms with van der Waals surface area (Å²) in [5.41, 5.74) is 2.05. The van der Waals surface area contributed by atoms with Gasteiger partial charge < -0.3 is 10.6 Å². The Morgan fingerprint density at radius 1 is 1.67 bits per heavy atom. The van der Waals surface area contributed by atoms with Gasteiger partial charge in [0.25, 0.3) is 0 Å². The molecule has 0 aromatic carbocycles. The highest BCUT2D eigenvalue weighted by atomic mass is 35.5. The topological polar surface area (TPSA) is 59.0 Å². The molecule has 2 unspecified atom stereocenters. The Kier molecular flexibility index (Phi) is 5.16. The Bertz CT molecular complexity index is 412. The van der Waals surface area contributed by atoms with Gasteiger partial charge in [-0.15, -0.1) is 12.4 Å². The minimum Gasteiger partial charge on any atom is -0.348 e. The molecule has 0 bridgehead atoms. The zero-order chi connectivity index (χ0) is 12.4. The van der Waals surface area contributed by atoms with Gasteiger partial charge in [-0.2, -0.15) is 5.10 Å². The van der Waals surface area contributed by atoms with E-state index in [-0.39, 0.29) is 30.4 Å². The van der Waals surface area contributed by atoms with Gasteiger partial charge in [-0.25, -0.2) is 0 Å². The summed E-state index contributed by atoms with van der Waals surface area (Å²) in [6.45, 7) is 4.90. The van der Waals surface area contributed by atoms with Crippen molar-refractivity contribution in [2.45, 2.75) is 38.8 Å². The lowest BCUT2D eigenvalue weighted by Gasteiger charge is -2.16. The fourth-order valence-electron chi connectivity index (χ4n) is 2.34. The van der Waals surface area contributed by atoms with Gasteiger partial charge in [0.05, 0.1) is 17.8 Å². The van der Waals surface area contributed by atoms with Crippen molar-refractivity contribution in [2.24, 2.45) is 7.05 Å². The van der Waals surface area contributed by atoms with Crippen molar-refractivity contribution < 1.29 is 4.79 Å². The fourth-order valence-corrected chi connectivity index (χ4v) is 2.34. The summed E-state index contributed by atoms with van der Waals surface area (Å²) in [6.07, 6.45) is 3.98. The van der Waals surface area contributed by atoms with E-state index in [0.29, 0.717) is 0 Å². The number of hydrogen-bond donors (Lipinski definition) is 2. The minimum atomic E-state index is -0.0190. The molecular weight excluding hydrogens is 252 g/mol. The van der Waals surface area contributed by atoms with Gasteiger partial charge in [0.15, 0.2) is 0 Å². The number of hydrogen-bond acceptors (Lipinski definition) is 3. The van der Waals surface area contributed by atoms with Crippen molar-refractivity contribution in [3.8, 4) is 0 Å². The third kappa shape index (κ3) is 3.23. The maximum atomic E-state index is 11.9. The van der Waals surface area contributed by atoms with Crippen LogP contribution in [0.1, 0.15) is 37.1 Å². The lowest BCUT2D eigenvalue weighted by atomic mass is 10.1. The normalized spacial score (nSPS) is 20.3. The quantitative estimate of drug-likeness (QED) is 0.866. The molecule has 6 heteroatoms. The van der Waals surface area contributed by atoms with E-state index in [9.17, 15) is 4.79 Å². The summed E-state index contributed by atoms with van der Waals surface area (Å²) in [4.78, 5) is 11.9. The maximum Gasteiger partial charge on any atom is 0.237 e. The van der Waals surface area contributed by atoms with Crippen LogP contribution in [0.5, 0.6) is 0 Å². The van der Waals surface area contributed by atoms with E-state index in [4.69, 9.17) is 0 Å². The molecule has 1 aromatic heterocycles. The first-order chi connectivity index (χ1) is 8.08. The molecule has 2 heterocycles.